The Morgan fingerprint density at radius 3 is 2.68 bits per heavy atom. The number of fused-ring (bicyclic) bond motifs is 1. The van der Waals surface area contributed by atoms with Crippen molar-refractivity contribution in [3.63, 3.8) is 0 Å². The quantitative estimate of drug-likeness (QED) is 0.366. The summed E-state index contributed by atoms with van der Waals surface area (Å²) in [5.41, 5.74) is 3.23. The molecule has 0 fully saturated rings. The molecule has 0 saturated heterocycles. The highest BCUT2D eigenvalue weighted by molar-refractivity contribution is 9.10. The Bertz CT molecular complexity index is 1130. The van der Waals surface area contributed by atoms with Gasteiger partial charge in [0.2, 0.25) is 0 Å². The number of methoxy groups -OCH3 is 2. The van der Waals surface area contributed by atoms with E-state index in [-0.39, 0.29) is 11.8 Å². The summed E-state index contributed by atoms with van der Waals surface area (Å²) in [6, 6.07) is 16.8. The summed E-state index contributed by atoms with van der Waals surface area (Å²) in [4.78, 5) is 17.3. The van der Waals surface area contributed by atoms with Gasteiger partial charge >= 0.3 is 0 Å². The molecule has 1 unspecified atom stereocenters. The van der Waals surface area contributed by atoms with E-state index in [9.17, 15) is 4.79 Å². The first-order valence-corrected chi connectivity index (χ1v) is 10.6. The van der Waals surface area contributed by atoms with Crippen LogP contribution in [0.1, 0.15) is 28.4 Å². The molecule has 0 radical (unpaired) electrons. The predicted octanol–water partition coefficient (Wildman–Crippen LogP) is 5.60. The van der Waals surface area contributed by atoms with Gasteiger partial charge in [0, 0.05) is 30.0 Å². The summed E-state index contributed by atoms with van der Waals surface area (Å²) in [7, 11) is 3.21. The Morgan fingerprint density at radius 1 is 1.13 bits per heavy atom. The van der Waals surface area contributed by atoms with Crippen LogP contribution in [0.3, 0.4) is 0 Å². The highest BCUT2D eigenvalue weighted by Gasteiger charge is 2.24. The van der Waals surface area contributed by atoms with Gasteiger partial charge in [-0.15, -0.1) is 0 Å². The summed E-state index contributed by atoms with van der Waals surface area (Å²) in [6.45, 7) is 0. The van der Waals surface area contributed by atoms with Crippen molar-refractivity contribution in [2.24, 2.45) is 0 Å². The molecule has 0 aliphatic carbocycles. The number of nitrogens with zero attached hydrogens (tertiary/aromatic N) is 1. The summed E-state index contributed by atoms with van der Waals surface area (Å²) < 4.78 is 11.7. The number of carbonyl (C=O) groups is 1. The first-order chi connectivity index (χ1) is 15.1. The third kappa shape index (κ3) is 4.56. The molecule has 2 aromatic carbocycles. The average Bonchev–Trinajstić information content (AvgIpc) is 2.98. The molecular weight excluding hydrogens is 458 g/mol. The van der Waals surface area contributed by atoms with E-state index in [0.29, 0.717) is 29.3 Å². The van der Waals surface area contributed by atoms with Crippen molar-refractivity contribution >= 4 is 33.2 Å². The lowest BCUT2D eigenvalue weighted by Crippen LogP contribution is -2.12. The minimum absolute atomic E-state index is 0.0531. The van der Waals surface area contributed by atoms with Gasteiger partial charge in [-0.25, -0.2) is 4.98 Å². The fourth-order valence-electron chi connectivity index (χ4n) is 3.56. The van der Waals surface area contributed by atoms with Crippen LogP contribution in [0.25, 0.3) is 0 Å². The van der Waals surface area contributed by atoms with Gasteiger partial charge in [-0.3, -0.25) is 4.79 Å². The summed E-state index contributed by atoms with van der Waals surface area (Å²) in [5, 5.41) is 6.87. The van der Waals surface area contributed by atoms with Crippen molar-refractivity contribution in [2.45, 2.75) is 12.5 Å². The van der Waals surface area contributed by atoms with Crippen LogP contribution in [0.5, 0.6) is 11.5 Å². The number of aromatic nitrogens is 1. The van der Waals surface area contributed by atoms with E-state index >= 15 is 0 Å². The van der Waals surface area contributed by atoms with Gasteiger partial charge in [0.05, 0.1) is 30.4 Å². The lowest BCUT2D eigenvalue weighted by molar-refractivity contribution is 0.104. The van der Waals surface area contributed by atoms with E-state index in [1.807, 2.05) is 54.6 Å². The van der Waals surface area contributed by atoms with Crippen LogP contribution in [0.2, 0.25) is 0 Å². The Labute approximate surface area is 189 Å². The number of rotatable bonds is 5. The Hall–Kier alpha value is -3.32. The molecule has 3 aromatic rings. The summed E-state index contributed by atoms with van der Waals surface area (Å²) >= 11 is 3.57. The van der Waals surface area contributed by atoms with Crippen LogP contribution in [-0.2, 0) is 0 Å². The van der Waals surface area contributed by atoms with Crippen molar-refractivity contribution in [1.29, 1.82) is 0 Å². The van der Waals surface area contributed by atoms with Crippen LogP contribution in [0, 0.1) is 0 Å². The molecule has 0 saturated carbocycles. The summed E-state index contributed by atoms with van der Waals surface area (Å²) in [5.74, 6) is 1.92. The molecule has 0 spiro atoms. The zero-order chi connectivity index (χ0) is 21.8. The molecule has 1 atom stereocenters. The maximum atomic E-state index is 12.8. The molecule has 0 bridgehead atoms. The van der Waals surface area contributed by atoms with Crippen molar-refractivity contribution in [3.8, 4) is 11.5 Å². The minimum atomic E-state index is -0.144. The first-order valence-electron chi connectivity index (χ1n) is 9.79. The molecule has 1 aliphatic heterocycles. The van der Waals surface area contributed by atoms with Gasteiger partial charge in [-0.05, 0) is 45.8 Å². The van der Waals surface area contributed by atoms with Gasteiger partial charge in [0.1, 0.15) is 5.82 Å². The second-order valence-corrected chi connectivity index (χ2v) is 7.92. The highest BCUT2D eigenvalue weighted by atomic mass is 79.9. The van der Waals surface area contributed by atoms with Crippen LogP contribution in [0.15, 0.2) is 77.0 Å². The number of hydrogen-bond donors (Lipinski definition) is 2. The maximum Gasteiger partial charge on any atom is 0.187 e. The van der Waals surface area contributed by atoms with Crippen molar-refractivity contribution in [3.05, 3.63) is 88.2 Å². The highest BCUT2D eigenvalue weighted by Crippen LogP contribution is 2.41. The molecule has 1 aromatic heterocycles. The van der Waals surface area contributed by atoms with Gasteiger partial charge < -0.3 is 20.1 Å². The van der Waals surface area contributed by atoms with E-state index < -0.39 is 0 Å². The molecule has 158 valence electrons. The molecule has 1 aliphatic rings. The maximum absolute atomic E-state index is 12.8. The third-order valence-corrected chi connectivity index (χ3v) is 5.65. The third-order valence-electron chi connectivity index (χ3n) is 5.06. The predicted molar refractivity (Wildman–Crippen MR) is 125 cm³/mol. The number of allylic oxidation sites excluding steroid dienone is 1. The van der Waals surface area contributed by atoms with E-state index in [4.69, 9.17) is 9.47 Å². The van der Waals surface area contributed by atoms with Gasteiger partial charge in [0.15, 0.2) is 17.3 Å². The lowest BCUT2D eigenvalue weighted by atomic mass is 10.00. The van der Waals surface area contributed by atoms with Gasteiger partial charge in [-0.2, -0.15) is 0 Å². The van der Waals surface area contributed by atoms with E-state index in [2.05, 4.69) is 31.5 Å². The van der Waals surface area contributed by atoms with Crippen LogP contribution in [0.4, 0.5) is 11.5 Å². The second-order valence-electron chi connectivity index (χ2n) is 7.06. The number of ether oxygens (including phenoxy) is 2. The first kappa shape index (κ1) is 20.9. The standard InChI is InChI=1S/C24H22BrN3O3/c1-30-22-12-16(11-18(25)23(22)31-2)20-13-17(14-21(29)15-7-4-3-5-8-15)27-19-9-6-10-26-24(19)28-20/h3-12,14,20,27H,13H2,1-2H3,(H,26,28)/b17-14-. The number of anilines is 2. The normalized spacial score (nSPS) is 16.5. The van der Waals surface area contributed by atoms with Gasteiger partial charge in [-0.1, -0.05) is 30.3 Å². The SMILES string of the molecule is COc1cc(C2C/C(=C/C(=O)c3ccccc3)Nc3cccnc3N2)cc(Br)c1OC. The molecule has 4 rings (SSSR count). The van der Waals surface area contributed by atoms with E-state index in [0.717, 1.165) is 21.4 Å². The molecule has 2 heterocycles. The Kier molecular flexibility index (Phi) is 6.23. The summed E-state index contributed by atoms with van der Waals surface area (Å²) in [6.07, 6.45) is 3.94. The zero-order valence-electron chi connectivity index (χ0n) is 17.2. The smallest absolute Gasteiger partial charge is 0.187 e. The number of pyridine rings is 1. The van der Waals surface area contributed by atoms with E-state index in [1.54, 1.807) is 26.5 Å². The fraction of sp³-hybridized carbons (Fsp3) is 0.167. The van der Waals surface area contributed by atoms with E-state index in [1.165, 1.54) is 0 Å². The second kappa shape index (κ2) is 9.22. The van der Waals surface area contributed by atoms with Crippen molar-refractivity contribution in [2.75, 3.05) is 24.9 Å². The van der Waals surface area contributed by atoms with Crippen LogP contribution in [-0.4, -0.2) is 25.0 Å². The molecule has 0 amide bonds. The lowest BCUT2D eigenvalue weighted by Gasteiger charge is -2.20. The topological polar surface area (TPSA) is 72.5 Å². The monoisotopic (exact) mass is 479 g/mol. The van der Waals surface area contributed by atoms with Crippen molar-refractivity contribution in [1.82, 2.24) is 4.98 Å². The molecular formula is C24H22BrN3O3. The van der Waals surface area contributed by atoms with Crippen LogP contribution >= 0.6 is 15.9 Å². The Morgan fingerprint density at radius 2 is 1.94 bits per heavy atom. The number of carbonyl (C=O) groups excluding carboxylic acids is 1. The number of nitrogens with one attached hydrogen (secondary N) is 2. The molecule has 6 nitrogen and oxygen atoms in total. The molecule has 2 N–H and O–H groups in total. The molecule has 7 heteroatoms. The average molecular weight is 480 g/mol. The van der Waals surface area contributed by atoms with Gasteiger partial charge in [0.25, 0.3) is 0 Å². The number of halogens is 1. The largest absolute Gasteiger partial charge is 0.493 e. The number of ketones is 1. The molecule has 31 heavy (non-hydrogen) atoms. The number of benzene rings is 2. The number of hydrogen-bond acceptors (Lipinski definition) is 6. The Balaban J connectivity index is 1.74. The zero-order valence-corrected chi connectivity index (χ0v) is 18.8. The van der Waals surface area contributed by atoms with Crippen molar-refractivity contribution < 1.29 is 14.3 Å². The minimum Gasteiger partial charge on any atom is -0.493 e. The fourth-order valence-corrected chi connectivity index (χ4v) is 4.18. The van der Waals surface area contributed by atoms with Crippen LogP contribution < -0.4 is 20.1 Å².